The normalized spacial score (nSPS) is 14.3. The second-order valence-corrected chi connectivity index (χ2v) is 12.1. The van der Waals surface area contributed by atoms with E-state index in [0.29, 0.717) is 44.3 Å². The van der Waals surface area contributed by atoms with E-state index >= 15 is 0 Å². The molecule has 0 aliphatic carbocycles. The largest absolute Gasteiger partial charge is 0.383 e. The minimum Gasteiger partial charge on any atom is -0.383 e. The van der Waals surface area contributed by atoms with Gasteiger partial charge in [-0.05, 0) is 47.1 Å². The summed E-state index contributed by atoms with van der Waals surface area (Å²) in [6, 6.07) is 24.5. The molecular formula is C37H42N6O3. The third-order valence-corrected chi connectivity index (χ3v) is 9.12. The zero-order valence-electron chi connectivity index (χ0n) is 26.6. The molecule has 5 aromatic rings. The van der Waals surface area contributed by atoms with E-state index in [2.05, 4.69) is 50.3 Å². The van der Waals surface area contributed by atoms with Gasteiger partial charge in [0.05, 0.1) is 36.4 Å². The number of imidazole rings is 1. The highest BCUT2D eigenvalue weighted by atomic mass is 16.5. The fourth-order valence-corrected chi connectivity index (χ4v) is 6.47. The van der Waals surface area contributed by atoms with E-state index in [1.54, 1.807) is 18.3 Å². The summed E-state index contributed by atoms with van der Waals surface area (Å²) in [6.07, 6.45) is 10.4. The number of fused-ring (bicyclic) bond motifs is 1. The number of ether oxygens (including phenoxy) is 1. The van der Waals surface area contributed by atoms with Crippen molar-refractivity contribution >= 4 is 22.7 Å². The van der Waals surface area contributed by atoms with Gasteiger partial charge < -0.3 is 29.4 Å². The number of hydrogen-bond acceptors (Lipinski definition) is 4. The first-order valence-corrected chi connectivity index (χ1v) is 16.0. The average molecular weight is 619 g/mol. The van der Waals surface area contributed by atoms with Crippen LogP contribution in [0.5, 0.6) is 0 Å². The number of benzene rings is 3. The van der Waals surface area contributed by atoms with Gasteiger partial charge in [-0.15, -0.1) is 0 Å². The molecule has 9 heteroatoms. The number of likely N-dealkylation sites (tertiary alicyclic amines) is 1. The molecule has 1 unspecified atom stereocenters. The first kappa shape index (κ1) is 31.1. The number of aromatic nitrogens is 3. The number of H-pyrrole nitrogens is 1. The summed E-state index contributed by atoms with van der Waals surface area (Å²) >= 11 is 0. The maximum atomic E-state index is 13.9. The van der Waals surface area contributed by atoms with E-state index in [1.807, 2.05) is 72.9 Å². The van der Waals surface area contributed by atoms with E-state index in [9.17, 15) is 9.59 Å². The highest BCUT2D eigenvalue weighted by molar-refractivity contribution is 6.06. The van der Waals surface area contributed by atoms with E-state index < -0.39 is 0 Å². The van der Waals surface area contributed by atoms with E-state index in [4.69, 9.17) is 4.74 Å². The Morgan fingerprint density at radius 2 is 1.76 bits per heavy atom. The Hall–Kier alpha value is -4.89. The molecule has 2 aromatic heterocycles. The molecule has 0 spiro atoms. The summed E-state index contributed by atoms with van der Waals surface area (Å²) in [7, 11) is 3.47. The van der Waals surface area contributed by atoms with Crippen molar-refractivity contribution in [2.45, 2.75) is 31.8 Å². The van der Waals surface area contributed by atoms with Gasteiger partial charge >= 0.3 is 6.03 Å². The summed E-state index contributed by atoms with van der Waals surface area (Å²) in [5.74, 6) is 0.357. The maximum absolute atomic E-state index is 13.9. The van der Waals surface area contributed by atoms with Crippen LogP contribution in [-0.2, 0) is 11.3 Å². The molecule has 9 nitrogen and oxygen atoms in total. The molecule has 0 radical (unpaired) electrons. The number of carbonyl (C=O) groups excluding carboxylic acids is 2. The summed E-state index contributed by atoms with van der Waals surface area (Å²) in [5, 5.41) is 5.30. The molecule has 3 heterocycles. The van der Waals surface area contributed by atoms with Crippen LogP contribution < -0.4 is 5.32 Å². The van der Waals surface area contributed by atoms with Crippen molar-refractivity contribution in [2.75, 3.05) is 40.4 Å². The van der Waals surface area contributed by atoms with Crippen LogP contribution in [-0.4, -0.2) is 76.7 Å². The standard InChI is InChI=1S/C37H42N6O3/c1-41(19-20-46-2)36(44)33-25-43(24-32(33)31-14-8-12-29-11-6-7-13-30(29)31)35(34-23-38-26-40-34)21-27-15-17-42(18-16-27)37(45)39-22-28-9-4-3-5-10-28/h3-14,23-27,35H,15-22H2,1-2H3,(H,38,40)(H,39,45). The molecule has 1 atom stereocenters. The Bertz CT molecular complexity index is 1740. The van der Waals surface area contributed by atoms with Gasteiger partial charge in [-0.2, -0.15) is 0 Å². The molecule has 6 rings (SSSR count). The molecule has 1 aliphatic rings. The lowest BCUT2D eigenvalue weighted by atomic mass is 9.89. The van der Waals surface area contributed by atoms with Gasteiger partial charge in [-0.1, -0.05) is 72.8 Å². The molecule has 0 bridgehead atoms. The lowest BCUT2D eigenvalue weighted by molar-refractivity contribution is 0.0745. The van der Waals surface area contributed by atoms with Gasteiger partial charge in [0.1, 0.15) is 0 Å². The number of nitrogens with one attached hydrogen (secondary N) is 2. The topological polar surface area (TPSA) is 95.5 Å². The zero-order valence-corrected chi connectivity index (χ0v) is 26.6. The number of hydrogen-bond donors (Lipinski definition) is 2. The predicted molar refractivity (Wildman–Crippen MR) is 181 cm³/mol. The van der Waals surface area contributed by atoms with Crippen molar-refractivity contribution in [3.8, 4) is 11.1 Å². The van der Waals surface area contributed by atoms with Crippen molar-refractivity contribution in [3.63, 3.8) is 0 Å². The van der Waals surface area contributed by atoms with Crippen LogP contribution in [0.15, 0.2) is 97.7 Å². The number of methoxy groups -OCH3 is 1. The number of piperidine rings is 1. The predicted octanol–water partition coefficient (Wildman–Crippen LogP) is 6.35. The van der Waals surface area contributed by atoms with E-state index in [-0.39, 0.29) is 18.0 Å². The highest BCUT2D eigenvalue weighted by Crippen LogP contribution is 2.37. The van der Waals surface area contributed by atoms with Gasteiger partial charge in [0.25, 0.3) is 5.91 Å². The van der Waals surface area contributed by atoms with Crippen LogP contribution in [0.4, 0.5) is 4.79 Å². The Morgan fingerprint density at radius 3 is 2.52 bits per heavy atom. The van der Waals surface area contributed by atoms with Crippen LogP contribution in [0, 0.1) is 5.92 Å². The number of nitrogens with zero attached hydrogens (tertiary/aromatic N) is 4. The molecule has 0 saturated carbocycles. The van der Waals surface area contributed by atoms with Crippen molar-refractivity contribution in [2.24, 2.45) is 5.92 Å². The molecule has 1 fully saturated rings. The van der Waals surface area contributed by atoms with Gasteiger partial charge in [0.2, 0.25) is 0 Å². The first-order chi connectivity index (χ1) is 22.5. The summed E-state index contributed by atoms with van der Waals surface area (Å²) in [5.41, 5.74) is 4.67. The Morgan fingerprint density at radius 1 is 1.00 bits per heavy atom. The van der Waals surface area contributed by atoms with Crippen molar-refractivity contribution in [1.29, 1.82) is 0 Å². The van der Waals surface area contributed by atoms with Crippen LogP contribution in [0.25, 0.3) is 21.9 Å². The molecule has 1 aliphatic heterocycles. The minimum absolute atomic E-state index is 0.0155. The van der Waals surface area contributed by atoms with Gasteiger partial charge in [-0.25, -0.2) is 9.78 Å². The molecule has 46 heavy (non-hydrogen) atoms. The fraction of sp³-hybridized carbons (Fsp3) is 0.324. The SMILES string of the molecule is COCCN(C)C(=O)c1cn(C(CC2CCN(C(=O)NCc3ccccc3)CC2)c2cnc[nH]2)cc1-c1cccc2ccccc12. The van der Waals surface area contributed by atoms with Crippen molar-refractivity contribution in [1.82, 2.24) is 29.7 Å². The molecule has 238 valence electrons. The van der Waals surface area contributed by atoms with Crippen molar-refractivity contribution in [3.05, 3.63) is 115 Å². The minimum atomic E-state index is -0.0504. The number of urea groups is 1. The highest BCUT2D eigenvalue weighted by Gasteiger charge is 2.29. The lowest BCUT2D eigenvalue weighted by Gasteiger charge is -2.34. The van der Waals surface area contributed by atoms with Crippen molar-refractivity contribution < 1.29 is 14.3 Å². The van der Waals surface area contributed by atoms with Crippen LogP contribution in [0.2, 0.25) is 0 Å². The second-order valence-electron chi connectivity index (χ2n) is 12.1. The van der Waals surface area contributed by atoms with E-state index in [0.717, 1.165) is 52.4 Å². The number of likely N-dealkylation sites (N-methyl/N-ethyl adjacent to an activating group) is 1. The summed E-state index contributed by atoms with van der Waals surface area (Å²) < 4.78 is 7.45. The number of aromatic amines is 1. The first-order valence-electron chi connectivity index (χ1n) is 16.0. The van der Waals surface area contributed by atoms with Crippen LogP contribution >= 0.6 is 0 Å². The fourth-order valence-electron chi connectivity index (χ4n) is 6.47. The number of carbonyl (C=O) groups is 2. The molecule has 3 amide bonds. The molecular weight excluding hydrogens is 576 g/mol. The Balaban J connectivity index is 1.25. The third kappa shape index (κ3) is 7.00. The number of amides is 3. The monoisotopic (exact) mass is 618 g/mol. The Labute approximate surface area is 270 Å². The van der Waals surface area contributed by atoms with Crippen LogP contribution in [0.1, 0.15) is 46.9 Å². The Kier molecular flexibility index (Phi) is 9.79. The maximum Gasteiger partial charge on any atom is 0.317 e. The van der Waals surface area contributed by atoms with Gasteiger partial charge in [0, 0.05) is 58.3 Å². The van der Waals surface area contributed by atoms with Gasteiger partial charge in [0.15, 0.2) is 0 Å². The molecule has 3 aromatic carbocycles. The third-order valence-electron chi connectivity index (χ3n) is 9.12. The second kappa shape index (κ2) is 14.5. The number of rotatable bonds is 11. The molecule has 1 saturated heterocycles. The average Bonchev–Trinajstić information content (AvgIpc) is 3.80. The van der Waals surface area contributed by atoms with E-state index in [1.165, 1.54) is 0 Å². The zero-order chi connectivity index (χ0) is 31.9. The van der Waals surface area contributed by atoms with Gasteiger partial charge in [-0.3, -0.25) is 4.79 Å². The molecule has 2 N–H and O–H groups in total. The summed E-state index contributed by atoms with van der Waals surface area (Å²) in [6.45, 7) is 2.91. The summed E-state index contributed by atoms with van der Waals surface area (Å²) in [4.78, 5) is 38.2. The lowest BCUT2D eigenvalue weighted by Crippen LogP contribution is -2.44. The quantitative estimate of drug-likeness (QED) is 0.180. The van der Waals surface area contributed by atoms with Crippen LogP contribution in [0.3, 0.4) is 0 Å². The smallest absolute Gasteiger partial charge is 0.317 e.